The Bertz CT molecular complexity index is 477. The molecule has 9 heteroatoms. The molecule has 6 nitrogen and oxygen atoms in total. The molecule has 0 radical (unpaired) electrons. The van der Waals surface area contributed by atoms with Gasteiger partial charge >= 0.3 is 12.3 Å². The van der Waals surface area contributed by atoms with E-state index in [-0.39, 0.29) is 17.9 Å². The first-order chi connectivity index (χ1) is 8.84. The number of pyridine rings is 1. The predicted octanol–water partition coefficient (Wildman–Crippen LogP) is 1.23. The van der Waals surface area contributed by atoms with Gasteiger partial charge in [-0.15, -0.1) is 13.2 Å². The molecule has 1 aromatic heterocycles. The van der Waals surface area contributed by atoms with Crippen molar-refractivity contribution in [2.75, 3.05) is 14.2 Å². The molecule has 1 heterocycles. The molecule has 0 fully saturated rings. The van der Waals surface area contributed by atoms with Gasteiger partial charge in [-0.1, -0.05) is 0 Å². The van der Waals surface area contributed by atoms with Crippen LogP contribution in [-0.2, 0) is 11.3 Å². The smallest absolute Gasteiger partial charge is 0.492 e. The molecular formula is C10H11F3N2O4. The summed E-state index contributed by atoms with van der Waals surface area (Å²) in [6, 6.07) is 0. The Hall–Kier alpha value is -2.03. The Morgan fingerprint density at radius 1 is 1.37 bits per heavy atom. The van der Waals surface area contributed by atoms with Crippen LogP contribution in [0.25, 0.3) is 0 Å². The topological polar surface area (TPSA) is 83.7 Å². The Labute approximate surface area is 106 Å². The highest BCUT2D eigenvalue weighted by Crippen LogP contribution is 2.37. The first-order valence-corrected chi connectivity index (χ1v) is 4.94. The zero-order valence-corrected chi connectivity index (χ0v) is 10.1. The van der Waals surface area contributed by atoms with E-state index in [0.717, 1.165) is 20.4 Å². The summed E-state index contributed by atoms with van der Waals surface area (Å²) in [4.78, 5) is 14.9. The zero-order chi connectivity index (χ0) is 14.6. The van der Waals surface area contributed by atoms with Crippen LogP contribution < -0.4 is 15.2 Å². The summed E-state index contributed by atoms with van der Waals surface area (Å²) in [5.41, 5.74) is 4.86. The fourth-order valence-corrected chi connectivity index (χ4v) is 1.33. The van der Waals surface area contributed by atoms with Crippen LogP contribution in [0, 0.1) is 0 Å². The lowest BCUT2D eigenvalue weighted by molar-refractivity contribution is -0.275. The average molecular weight is 280 g/mol. The van der Waals surface area contributed by atoms with Crippen molar-refractivity contribution in [1.29, 1.82) is 0 Å². The Balaban J connectivity index is 3.44. The third-order valence-corrected chi connectivity index (χ3v) is 2.08. The summed E-state index contributed by atoms with van der Waals surface area (Å²) in [5.74, 6) is -2.26. The van der Waals surface area contributed by atoms with Crippen molar-refractivity contribution >= 4 is 5.97 Å². The van der Waals surface area contributed by atoms with Crippen LogP contribution in [-0.4, -0.2) is 31.5 Å². The lowest BCUT2D eigenvalue weighted by Gasteiger charge is -2.16. The number of hydrogen-bond donors (Lipinski definition) is 1. The van der Waals surface area contributed by atoms with Crippen molar-refractivity contribution in [2.24, 2.45) is 5.73 Å². The Morgan fingerprint density at radius 3 is 2.42 bits per heavy atom. The first kappa shape index (κ1) is 15.0. The highest BCUT2D eigenvalue weighted by Gasteiger charge is 2.36. The quantitative estimate of drug-likeness (QED) is 0.835. The van der Waals surface area contributed by atoms with E-state index < -0.39 is 23.8 Å². The number of carbonyl (C=O) groups is 1. The van der Waals surface area contributed by atoms with E-state index in [4.69, 9.17) is 10.5 Å². The lowest BCUT2D eigenvalue weighted by Crippen LogP contribution is -2.21. The second kappa shape index (κ2) is 5.74. The molecule has 2 N–H and O–H groups in total. The van der Waals surface area contributed by atoms with Gasteiger partial charge in [-0.2, -0.15) is 0 Å². The molecule has 1 aromatic rings. The van der Waals surface area contributed by atoms with Crippen molar-refractivity contribution in [2.45, 2.75) is 12.9 Å². The van der Waals surface area contributed by atoms with Gasteiger partial charge in [-0.05, 0) is 0 Å². The van der Waals surface area contributed by atoms with Crippen molar-refractivity contribution in [1.82, 2.24) is 4.98 Å². The van der Waals surface area contributed by atoms with E-state index in [1.807, 2.05) is 0 Å². The van der Waals surface area contributed by atoms with Gasteiger partial charge in [-0.3, -0.25) is 0 Å². The number of alkyl halides is 3. The molecule has 0 aromatic carbocycles. The number of aromatic nitrogens is 1. The number of nitrogens with two attached hydrogens (primary N) is 1. The molecule has 0 amide bonds. The SMILES string of the molecule is COC(=O)c1ncc(CN)c(OC)c1OC(F)(F)F. The van der Waals surface area contributed by atoms with Gasteiger partial charge in [0.25, 0.3) is 0 Å². The summed E-state index contributed by atoms with van der Waals surface area (Å²) in [6.45, 7) is -0.133. The number of ether oxygens (including phenoxy) is 3. The predicted molar refractivity (Wildman–Crippen MR) is 56.7 cm³/mol. The normalized spacial score (nSPS) is 11.1. The zero-order valence-electron chi connectivity index (χ0n) is 10.1. The number of esters is 1. The molecule has 0 atom stereocenters. The number of carbonyl (C=O) groups excluding carboxylic acids is 1. The largest absolute Gasteiger partial charge is 0.573 e. The van der Waals surface area contributed by atoms with E-state index in [0.29, 0.717) is 0 Å². The van der Waals surface area contributed by atoms with Crippen LogP contribution in [0.3, 0.4) is 0 Å². The third kappa shape index (κ3) is 3.47. The fraction of sp³-hybridized carbons (Fsp3) is 0.400. The molecule has 0 aliphatic rings. The van der Waals surface area contributed by atoms with Crippen molar-refractivity contribution < 1.29 is 32.2 Å². The van der Waals surface area contributed by atoms with E-state index in [9.17, 15) is 18.0 Å². The molecule has 0 saturated heterocycles. The van der Waals surface area contributed by atoms with Crippen LogP contribution in [0.2, 0.25) is 0 Å². The Kier molecular flexibility index (Phi) is 4.54. The number of rotatable bonds is 4. The molecule has 0 bridgehead atoms. The van der Waals surface area contributed by atoms with Crippen LogP contribution in [0.4, 0.5) is 13.2 Å². The van der Waals surface area contributed by atoms with Crippen LogP contribution in [0.15, 0.2) is 6.20 Å². The van der Waals surface area contributed by atoms with Gasteiger partial charge in [0.15, 0.2) is 11.4 Å². The molecule has 19 heavy (non-hydrogen) atoms. The maximum atomic E-state index is 12.4. The minimum absolute atomic E-state index is 0.133. The van der Waals surface area contributed by atoms with E-state index in [1.54, 1.807) is 0 Å². The second-order valence-electron chi connectivity index (χ2n) is 3.24. The first-order valence-electron chi connectivity index (χ1n) is 4.94. The van der Waals surface area contributed by atoms with Gasteiger partial charge < -0.3 is 19.9 Å². The van der Waals surface area contributed by atoms with Crippen LogP contribution in [0.5, 0.6) is 11.5 Å². The summed E-state index contributed by atoms with van der Waals surface area (Å²) in [5, 5.41) is 0. The summed E-state index contributed by atoms with van der Waals surface area (Å²) < 4.78 is 50.0. The molecule has 106 valence electrons. The molecule has 1 rings (SSSR count). The standard InChI is InChI=1S/C10H11F3N2O4/c1-17-7-5(3-14)4-15-6(9(16)18-2)8(7)19-10(11,12)13/h4H,3,14H2,1-2H3. The Morgan fingerprint density at radius 2 is 2.00 bits per heavy atom. The van der Waals surface area contributed by atoms with E-state index in [1.165, 1.54) is 0 Å². The number of halogens is 3. The maximum Gasteiger partial charge on any atom is 0.573 e. The van der Waals surface area contributed by atoms with Crippen molar-refractivity contribution in [3.8, 4) is 11.5 Å². The molecule has 0 aliphatic carbocycles. The second-order valence-corrected chi connectivity index (χ2v) is 3.24. The van der Waals surface area contributed by atoms with E-state index in [2.05, 4.69) is 14.5 Å². The minimum atomic E-state index is -5.01. The third-order valence-electron chi connectivity index (χ3n) is 2.08. The summed E-state index contributed by atoms with van der Waals surface area (Å²) in [7, 11) is 2.13. The fourth-order valence-electron chi connectivity index (χ4n) is 1.33. The number of nitrogens with zero attached hydrogens (tertiary/aromatic N) is 1. The maximum absolute atomic E-state index is 12.4. The molecule has 0 saturated carbocycles. The van der Waals surface area contributed by atoms with E-state index >= 15 is 0 Å². The van der Waals surface area contributed by atoms with Crippen LogP contribution >= 0.6 is 0 Å². The van der Waals surface area contributed by atoms with Gasteiger partial charge in [0.1, 0.15) is 0 Å². The highest BCUT2D eigenvalue weighted by molar-refractivity contribution is 5.91. The van der Waals surface area contributed by atoms with Crippen molar-refractivity contribution in [3.63, 3.8) is 0 Å². The van der Waals surface area contributed by atoms with Gasteiger partial charge in [-0.25, -0.2) is 9.78 Å². The lowest BCUT2D eigenvalue weighted by atomic mass is 10.2. The molecule has 0 spiro atoms. The minimum Gasteiger partial charge on any atom is -0.492 e. The molecular weight excluding hydrogens is 269 g/mol. The molecule has 0 aliphatic heterocycles. The van der Waals surface area contributed by atoms with Gasteiger partial charge in [0.05, 0.1) is 14.2 Å². The number of methoxy groups -OCH3 is 2. The number of hydrogen-bond acceptors (Lipinski definition) is 6. The van der Waals surface area contributed by atoms with Crippen molar-refractivity contribution in [3.05, 3.63) is 17.5 Å². The van der Waals surface area contributed by atoms with Crippen LogP contribution in [0.1, 0.15) is 16.1 Å². The molecule has 0 unspecified atom stereocenters. The van der Waals surface area contributed by atoms with Gasteiger partial charge in [0, 0.05) is 18.3 Å². The van der Waals surface area contributed by atoms with Gasteiger partial charge in [0.2, 0.25) is 5.75 Å². The monoisotopic (exact) mass is 280 g/mol. The average Bonchev–Trinajstić information content (AvgIpc) is 2.35. The highest BCUT2D eigenvalue weighted by atomic mass is 19.4. The summed E-state index contributed by atoms with van der Waals surface area (Å²) >= 11 is 0. The summed E-state index contributed by atoms with van der Waals surface area (Å²) in [6.07, 6.45) is -3.89.